The maximum atomic E-state index is 13.9. The van der Waals surface area contributed by atoms with E-state index in [1.165, 1.54) is 11.6 Å². The van der Waals surface area contributed by atoms with Crippen molar-refractivity contribution in [3.63, 3.8) is 0 Å². The van der Waals surface area contributed by atoms with Crippen LogP contribution in [0, 0.1) is 5.82 Å². The summed E-state index contributed by atoms with van der Waals surface area (Å²) < 4.78 is 19.2. The van der Waals surface area contributed by atoms with Gasteiger partial charge in [0.2, 0.25) is 5.91 Å². The molecular formula is C21H19FN2O2. The molecule has 1 aromatic heterocycles. The molecule has 3 aromatic rings. The first-order chi connectivity index (χ1) is 12.7. The van der Waals surface area contributed by atoms with Crippen LogP contribution in [0.4, 0.5) is 4.39 Å². The zero-order chi connectivity index (χ0) is 18.0. The average Bonchev–Trinajstić information content (AvgIpc) is 3.34. The van der Waals surface area contributed by atoms with Crippen LogP contribution < -0.4 is 5.32 Å². The normalized spacial score (nSPS) is 14.8. The first-order valence-corrected chi connectivity index (χ1v) is 8.73. The molecule has 132 valence electrons. The molecule has 1 aliphatic rings. The predicted molar refractivity (Wildman–Crippen MR) is 96.0 cm³/mol. The van der Waals surface area contributed by atoms with Gasteiger partial charge in [0.05, 0.1) is 16.7 Å². The molecule has 0 unspecified atom stereocenters. The van der Waals surface area contributed by atoms with Crippen molar-refractivity contribution in [3.8, 4) is 11.3 Å². The number of benzene rings is 2. The lowest BCUT2D eigenvalue weighted by Gasteiger charge is -2.12. The molecule has 5 heteroatoms. The number of rotatable bonds is 6. The van der Waals surface area contributed by atoms with Gasteiger partial charge in [-0.2, -0.15) is 0 Å². The van der Waals surface area contributed by atoms with Crippen LogP contribution in [-0.4, -0.2) is 17.6 Å². The number of nitrogens with zero attached hydrogens (tertiary/aromatic N) is 1. The largest absolute Gasteiger partial charge is 0.356 e. The third kappa shape index (κ3) is 3.12. The number of carbonyl (C=O) groups excluding carboxylic acids is 1. The van der Waals surface area contributed by atoms with Crippen molar-refractivity contribution in [2.75, 3.05) is 6.54 Å². The molecule has 2 aromatic carbocycles. The van der Waals surface area contributed by atoms with Crippen LogP contribution in [0.2, 0.25) is 0 Å². The molecule has 4 nitrogen and oxygen atoms in total. The van der Waals surface area contributed by atoms with Crippen LogP contribution in [-0.2, 0) is 16.6 Å². The van der Waals surface area contributed by atoms with E-state index >= 15 is 0 Å². The van der Waals surface area contributed by atoms with Gasteiger partial charge in [0.15, 0.2) is 5.76 Å². The SMILES string of the molecule is O=C(NCCc1ccccc1)C1(c2cc(-c3ccccc3F)on2)CC1. The van der Waals surface area contributed by atoms with Crippen LogP contribution >= 0.6 is 0 Å². The Balaban J connectivity index is 1.44. The Hall–Kier alpha value is -2.95. The van der Waals surface area contributed by atoms with E-state index in [-0.39, 0.29) is 11.7 Å². The smallest absolute Gasteiger partial charge is 0.232 e. The highest BCUT2D eigenvalue weighted by atomic mass is 19.1. The van der Waals surface area contributed by atoms with E-state index in [4.69, 9.17) is 4.52 Å². The van der Waals surface area contributed by atoms with E-state index in [1.54, 1.807) is 24.3 Å². The summed E-state index contributed by atoms with van der Waals surface area (Å²) in [7, 11) is 0. The van der Waals surface area contributed by atoms with Crippen molar-refractivity contribution in [1.82, 2.24) is 10.5 Å². The molecule has 0 spiro atoms. The third-order valence-electron chi connectivity index (χ3n) is 4.87. The molecule has 26 heavy (non-hydrogen) atoms. The summed E-state index contributed by atoms with van der Waals surface area (Å²) in [6, 6.07) is 18.1. The second-order valence-electron chi connectivity index (χ2n) is 6.63. The molecular weight excluding hydrogens is 331 g/mol. The van der Waals surface area contributed by atoms with E-state index in [1.807, 2.05) is 30.3 Å². The molecule has 1 fully saturated rings. The van der Waals surface area contributed by atoms with Gasteiger partial charge in [0.1, 0.15) is 5.82 Å². The average molecular weight is 350 g/mol. The standard InChI is InChI=1S/C21H19FN2O2/c22-17-9-5-4-8-16(17)18-14-19(24-26-18)21(11-12-21)20(25)23-13-10-15-6-2-1-3-7-15/h1-9,14H,10-13H2,(H,23,25). The number of amides is 1. The molecule has 0 aliphatic heterocycles. The molecule has 1 aliphatic carbocycles. The van der Waals surface area contributed by atoms with Gasteiger partial charge >= 0.3 is 0 Å². The Morgan fingerprint density at radius 2 is 1.85 bits per heavy atom. The summed E-state index contributed by atoms with van der Waals surface area (Å²) in [5.41, 5.74) is 1.48. The Bertz CT molecular complexity index is 917. The van der Waals surface area contributed by atoms with Crippen LogP contribution in [0.1, 0.15) is 24.1 Å². The van der Waals surface area contributed by atoms with Crippen molar-refractivity contribution < 1.29 is 13.7 Å². The molecule has 1 saturated carbocycles. The minimum atomic E-state index is -0.635. The highest BCUT2D eigenvalue weighted by Crippen LogP contribution is 2.48. The van der Waals surface area contributed by atoms with Gasteiger partial charge in [-0.3, -0.25) is 4.79 Å². The summed E-state index contributed by atoms with van der Waals surface area (Å²) in [6.45, 7) is 0.572. The lowest BCUT2D eigenvalue weighted by Crippen LogP contribution is -2.36. The van der Waals surface area contributed by atoms with Gasteiger partial charge in [0, 0.05) is 12.6 Å². The fourth-order valence-corrected chi connectivity index (χ4v) is 3.15. The third-order valence-corrected chi connectivity index (χ3v) is 4.87. The second kappa shape index (κ2) is 6.75. The lowest BCUT2D eigenvalue weighted by atomic mass is 10.00. The monoisotopic (exact) mass is 350 g/mol. The van der Waals surface area contributed by atoms with Crippen LogP contribution in [0.3, 0.4) is 0 Å². The number of carbonyl (C=O) groups is 1. The Morgan fingerprint density at radius 3 is 2.58 bits per heavy atom. The molecule has 0 atom stereocenters. The van der Waals surface area contributed by atoms with Crippen molar-refractivity contribution in [3.05, 3.63) is 77.7 Å². The number of hydrogen-bond acceptors (Lipinski definition) is 3. The number of hydrogen-bond donors (Lipinski definition) is 1. The van der Waals surface area contributed by atoms with Crippen LogP contribution in [0.25, 0.3) is 11.3 Å². The van der Waals surface area contributed by atoms with Crippen molar-refractivity contribution in [2.24, 2.45) is 0 Å². The van der Waals surface area contributed by atoms with E-state index < -0.39 is 5.41 Å². The maximum Gasteiger partial charge on any atom is 0.232 e. The van der Waals surface area contributed by atoms with Gasteiger partial charge in [-0.15, -0.1) is 0 Å². The summed E-state index contributed by atoms with van der Waals surface area (Å²) in [5.74, 6) is -0.0596. The number of aromatic nitrogens is 1. The molecule has 0 radical (unpaired) electrons. The number of nitrogens with one attached hydrogen (secondary N) is 1. The van der Waals surface area contributed by atoms with Crippen molar-refractivity contribution in [1.29, 1.82) is 0 Å². The summed E-state index contributed by atoms with van der Waals surface area (Å²) in [5, 5.41) is 7.05. The predicted octanol–water partition coefficient (Wildman–Crippen LogP) is 3.87. The molecule has 1 N–H and O–H groups in total. The summed E-state index contributed by atoms with van der Waals surface area (Å²) in [4.78, 5) is 12.7. The topological polar surface area (TPSA) is 55.1 Å². The van der Waals surface area contributed by atoms with Gasteiger partial charge in [0.25, 0.3) is 0 Å². The highest BCUT2D eigenvalue weighted by Gasteiger charge is 2.53. The molecule has 0 saturated heterocycles. The zero-order valence-corrected chi connectivity index (χ0v) is 14.2. The summed E-state index contributed by atoms with van der Waals surface area (Å²) >= 11 is 0. The van der Waals surface area contributed by atoms with E-state index in [9.17, 15) is 9.18 Å². The van der Waals surface area contributed by atoms with Gasteiger partial charge in [-0.05, 0) is 37.0 Å². The fraction of sp³-hybridized carbons (Fsp3) is 0.238. The molecule has 1 heterocycles. The van der Waals surface area contributed by atoms with Crippen molar-refractivity contribution >= 4 is 5.91 Å². The number of halogens is 1. The quantitative estimate of drug-likeness (QED) is 0.734. The van der Waals surface area contributed by atoms with E-state index in [0.29, 0.717) is 23.6 Å². The highest BCUT2D eigenvalue weighted by molar-refractivity contribution is 5.91. The second-order valence-corrected chi connectivity index (χ2v) is 6.63. The Kier molecular flexibility index (Phi) is 4.29. The zero-order valence-electron chi connectivity index (χ0n) is 14.2. The maximum absolute atomic E-state index is 13.9. The first-order valence-electron chi connectivity index (χ1n) is 8.73. The van der Waals surface area contributed by atoms with Gasteiger partial charge in [-0.25, -0.2) is 4.39 Å². The Labute approximate surface area is 151 Å². The first kappa shape index (κ1) is 16.5. The lowest BCUT2D eigenvalue weighted by molar-refractivity contribution is -0.123. The summed E-state index contributed by atoms with van der Waals surface area (Å²) in [6.07, 6.45) is 2.24. The molecule has 4 rings (SSSR count). The molecule has 0 bridgehead atoms. The Morgan fingerprint density at radius 1 is 1.12 bits per heavy atom. The van der Waals surface area contributed by atoms with Gasteiger partial charge < -0.3 is 9.84 Å². The van der Waals surface area contributed by atoms with E-state index in [2.05, 4.69) is 10.5 Å². The molecule has 1 amide bonds. The minimum absolute atomic E-state index is 0.0400. The van der Waals surface area contributed by atoms with Gasteiger partial charge in [-0.1, -0.05) is 47.6 Å². The van der Waals surface area contributed by atoms with Crippen LogP contribution in [0.5, 0.6) is 0 Å². The van der Waals surface area contributed by atoms with E-state index in [0.717, 1.165) is 19.3 Å². The van der Waals surface area contributed by atoms with Crippen molar-refractivity contribution in [2.45, 2.75) is 24.7 Å². The van der Waals surface area contributed by atoms with Crippen LogP contribution in [0.15, 0.2) is 65.2 Å². The fourth-order valence-electron chi connectivity index (χ4n) is 3.15. The minimum Gasteiger partial charge on any atom is -0.356 e.